The van der Waals surface area contributed by atoms with Crippen LogP contribution >= 0.6 is 0 Å². The standard InChI is InChI=1S/C17H25NO3/c1-11-7-6-10-15(14(11)4)16(19)18-13(3)9-5-8-12(2)17(20)21/h6-7,10,12-13H,5,8-9H2,1-4H3,(H,18,19)(H,20,21). The van der Waals surface area contributed by atoms with Gasteiger partial charge >= 0.3 is 5.97 Å². The number of carbonyl (C=O) groups excluding carboxylic acids is 1. The van der Waals surface area contributed by atoms with E-state index in [-0.39, 0.29) is 17.9 Å². The lowest BCUT2D eigenvalue weighted by molar-refractivity contribution is -0.141. The summed E-state index contributed by atoms with van der Waals surface area (Å²) < 4.78 is 0. The maximum absolute atomic E-state index is 12.2. The van der Waals surface area contributed by atoms with Gasteiger partial charge in [0.1, 0.15) is 0 Å². The average Bonchev–Trinajstić information content (AvgIpc) is 2.41. The Kier molecular flexibility index (Phi) is 6.40. The van der Waals surface area contributed by atoms with Gasteiger partial charge in [0, 0.05) is 11.6 Å². The SMILES string of the molecule is Cc1cccc(C(=O)NC(C)CCCC(C)C(=O)O)c1C. The minimum atomic E-state index is -0.762. The van der Waals surface area contributed by atoms with Crippen molar-refractivity contribution in [1.29, 1.82) is 0 Å². The smallest absolute Gasteiger partial charge is 0.306 e. The number of aliphatic carboxylic acids is 1. The van der Waals surface area contributed by atoms with Crippen LogP contribution < -0.4 is 5.32 Å². The lowest BCUT2D eigenvalue weighted by atomic mass is 10.0. The summed E-state index contributed by atoms with van der Waals surface area (Å²) in [4.78, 5) is 23.0. The molecule has 0 saturated heterocycles. The predicted octanol–water partition coefficient (Wildman–Crippen LogP) is 3.31. The van der Waals surface area contributed by atoms with Crippen molar-refractivity contribution in [1.82, 2.24) is 5.32 Å². The van der Waals surface area contributed by atoms with Crippen molar-refractivity contribution >= 4 is 11.9 Å². The highest BCUT2D eigenvalue weighted by Gasteiger charge is 2.14. The van der Waals surface area contributed by atoms with Gasteiger partial charge in [-0.1, -0.05) is 25.5 Å². The van der Waals surface area contributed by atoms with Gasteiger partial charge in [-0.3, -0.25) is 9.59 Å². The Morgan fingerprint density at radius 2 is 1.86 bits per heavy atom. The second-order valence-electron chi connectivity index (χ2n) is 5.79. The van der Waals surface area contributed by atoms with Crippen LogP contribution in [0, 0.1) is 19.8 Å². The molecule has 1 amide bonds. The van der Waals surface area contributed by atoms with Crippen molar-refractivity contribution in [2.24, 2.45) is 5.92 Å². The van der Waals surface area contributed by atoms with E-state index in [0.29, 0.717) is 12.0 Å². The third-order valence-corrected chi connectivity index (χ3v) is 3.92. The van der Waals surface area contributed by atoms with Gasteiger partial charge in [-0.15, -0.1) is 0 Å². The Morgan fingerprint density at radius 1 is 1.19 bits per heavy atom. The molecule has 21 heavy (non-hydrogen) atoms. The molecular weight excluding hydrogens is 266 g/mol. The first-order chi connectivity index (χ1) is 9.82. The molecule has 1 aromatic rings. The number of nitrogens with one attached hydrogen (secondary N) is 1. The fourth-order valence-corrected chi connectivity index (χ4v) is 2.22. The number of benzene rings is 1. The molecule has 0 saturated carbocycles. The highest BCUT2D eigenvalue weighted by molar-refractivity contribution is 5.96. The molecule has 0 aliphatic rings. The van der Waals surface area contributed by atoms with Gasteiger partial charge in [-0.05, 0) is 50.8 Å². The van der Waals surface area contributed by atoms with Crippen molar-refractivity contribution in [2.75, 3.05) is 0 Å². The Balaban J connectivity index is 2.47. The Labute approximate surface area is 126 Å². The zero-order valence-electron chi connectivity index (χ0n) is 13.3. The summed E-state index contributed by atoms with van der Waals surface area (Å²) >= 11 is 0. The summed E-state index contributed by atoms with van der Waals surface area (Å²) in [6.07, 6.45) is 2.22. The van der Waals surface area contributed by atoms with Crippen LogP contribution in [0.1, 0.15) is 54.6 Å². The predicted molar refractivity (Wildman–Crippen MR) is 83.5 cm³/mol. The first kappa shape index (κ1) is 17.2. The summed E-state index contributed by atoms with van der Waals surface area (Å²) in [7, 11) is 0. The van der Waals surface area contributed by atoms with E-state index in [1.54, 1.807) is 6.92 Å². The van der Waals surface area contributed by atoms with Gasteiger partial charge in [0.05, 0.1) is 5.92 Å². The van der Waals surface area contributed by atoms with Crippen LogP contribution in [0.5, 0.6) is 0 Å². The van der Waals surface area contributed by atoms with E-state index in [1.807, 2.05) is 39.0 Å². The van der Waals surface area contributed by atoms with Crippen molar-refractivity contribution in [3.63, 3.8) is 0 Å². The fourth-order valence-electron chi connectivity index (χ4n) is 2.22. The largest absolute Gasteiger partial charge is 0.481 e. The number of aryl methyl sites for hydroxylation is 1. The summed E-state index contributed by atoms with van der Waals surface area (Å²) in [5.74, 6) is -1.15. The number of carboxylic acids is 1. The Bertz CT molecular complexity index is 511. The highest BCUT2D eigenvalue weighted by Crippen LogP contribution is 2.14. The van der Waals surface area contributed by atoms with Crippen LogP contribution in [-0.2, 0) is 4.79 Å². The van der Waals surface area contributed by atoms with Gasteiger partial charge in [-0.25, -0.2) is 0 Å². The average molecular weight is 291 g/mol. The second-order valence-corrected chi connectivity index (χ2v) is 5.79. The molecule has 0 aliphatic heterocycles. The number of carboxylic acid groups (broad SMARTS) is 1. The number of carbonyl (C=O) groups is 2. The van der Waals surface area contributed by atoms with Crippen molar-refractivity contribution in [3.05, 3.63) is 34.9 Å². The van der Waals surface area contributed by atoms with Crippen LogP contribution in [0.4, 0.5) is 0 Å². The number of rotatable bonds is 7. The molecule has 4 heteroatoms. The monoisotopic (exact) mass is 291 g/mol. The van der Waals surface area contributed by atoms with Crippen LogP contribution in [-0.4, -0.2) is 23.0 Å². The Morgan fingerprint density at radius 3 is 2.48 bits per heavy atom. The van der Waals surface area contributed by atoms with Gasteiger partial charge in [0.2, 0.25) is 0 Å². The molecule has 1 aromatic carbocycles. The fraction of sp³-hybridized carbons (Fsp3) is 0.529. The van der Waals surface area contributed by atoms with E-state index < -0.39 is 5.97 Å². The van der Waals surface area contributed by atoms with Crippen LogP contribution in [0.25, 0.3) is 0 Å². The molecule has 0 fully saturated rings. The number of amides is 1. The zero-order chi connectivity index (χ0) is 16.0. The van der Waals surface area contributed by atoms with E-state index in [9.17, 15) is 9.59 Å². The van der Waals surface area contributed by atoms with E-state index in [4.69, 9.17) is 5.11 Å². The molecule has 0 spiro atoms. The van der Waals surface area contributed by atoms with Gasteiger partial charge in [0.15, 0.2) is 0 Å². The maximum Gasteiger partial charge on any atom is 0.306 e. The first-order valence-corrected chi connectivity index (χ1v) is 7.42. The van der Waals surface area contributed by atoms with Crippen LogP contribution in [0.15, 0.2) is 18.2 Å². The van der Waals surface area contributed by atoms with E-state index in [1.165, 1.54) is 0 Å². The lowest BCUT2D eigenvalue weighted by Crippen LogP contribution is -2.33. The summed E-state index contributed by atoms with van der Waals surface area (Å²) in [6, 6.07) is 5.74. The van der Waals surface area contributed by atoms with Crippen LogP contribution in [0.3, 0.4) is 0 Å². The van der Waals surface area contributed by atoms with E-state index >= 15 is 0 Å². The molecule has 0 bridgehead atoms. The van der Waals surface area contributed by atoms with E-state index in [2.05, 4.69) is 5.32 Å². The zero-order valence-corrected chi connectivity index (χ0v) is 13.3. The summed E-state index contributed by atoms with van der Waals surface area (Å²) in [5, 5.41) is 11.8. The summed E-state index contributed by atoms with van der Waals surface area (Å²) in [6.45, 7) is 7.60. The van der Waals surface area contributed by atoms with E-state index in [0.717, 1.165) is 24.0 Å². The van der Waals surface area contributed by atoms with Crippen molar-refractivity contribution in [2.45, 2.75) is 53.0 Å². The molecule has 0 aliphatic carbocycles. The molecule has 4 nitrogen and oxygen atoms in total. The third kappa shape index (κ3) is 5.21. The Hall–Kier alpha value is -1.84. The first-order valence-electron chi connectivity index (χ1n) is 7.42. The molecular formula is C17H25NO3. The van der Waals surface area contributed by atoms with Crippen LogP contribution in [0.2, 0.25) is 0 Å². The van der Waals surface area contributed by atoms with Gasteiger partial charge in [0.25, 0.3) is 5.91 Å². The normalized spacial score (nSPS) is 13.5. The summed E-state index contributed by atoms with van der Waals surface area (Å²) in [5.41, 5.74) is 2.81. The molecule has 0 aromatic heterocycles. The lowest BCUT2D eigenvalue weighted by Gasteiger charge is -2.16. The molecule has 116 valence electrons. The second kappa shape index (κ2) is 7.81. The topological polar surface area (TPSA) is 66.4 Å². The molecule has 0 heterocycles. The van der Waals surface area contributed by atoms with Gasteiger partial charge in [-0.2, -0.15) is 0 Å². The van der Waals surface area contributed by atoms with Crippen molar-refractivity contribution in [3.8, 4) is 0 Å². The molecule has 0 radical (unpaired) electrons. The molecule has 2 atom stereocenters. The minimum absolute atomic E-state index is 0.0402. The number of hydrogen-bond acceptors (Lipinski definition) is 2. The van der Waals surface area contributed by atoms with Crippen molar-refractivity contribution < 1.29 is 14.7 Å². The number of hydrogen-bond donors (Lipinski definition) is 2. The van der Waals surface area contributed by atoms with Gasteiger partial charge < -0.3 is 10.4 Å². The quantitative estimate of drug-likeness (QED) is 0.810. The highest BCUT2D eigenvalue weighted by atomic mass is 16.4. The molecule has 2 unspecified atom stereocenters. The third-order valence-electron chi connectivity index (χ3n) is 3.92. The molecule has 2 N–H and O–H groups in total. The minimum Gasteiger partial charge on any atom is -0.481 e. The maximum atomic E-state index is 12.2. The molecule has 1 rings (SSSR count).